The van der Waals surface area contributed by atoms with Gasteiger partial charge in [-0.3, -0.25) is 0 Å². The summed E-state index contributed by atoms with van der Waals surface area (Å²) in [5, 5.41) is 11.4. The molecule has 3 rings (SSSR count). The Morgan fingerprint density at radius 2 is 1.88 bits per heavy atom. The van der Waals surface area contributed by atoms with E-state index in [0.717, 1.165) is 43.3 Å². The predicted octanol–water partition coefficient (Wildman–Crippen LogP) is 3.63. The van der Waals surface area contributed by atoms with Crippen LogP contribution in [0, 0.1) is 5.92 Å². The summed E-state index contributed by atoms with van der Waals surface area (Å²) in [4.78, 5) is 13.0. The number of likely N-dealkylation sites (tertiary alicyclic amines) is 1. The molecule has 1 saturated carbocycles. The van der Waals surface area contributed by atoms with Crippen LogP contribution in [0.15, 0.2) is 30.3 Å². The van der Waals surface area contributed by atoms with Gasteiger partial charge in [0, 0.05) is 18.8 Å². The second kappa shape index (κ2) is 7.32. The standard InChI is InChI=1S/C22H34NO3/c1-21(2)14-9-15-23(21,3)16-17-26-20(24)22(25,19-12-7-8-13-19)18-10-5-4-6-11-18/h4-6,10-11,19,25H,7-9,12-17H2,1-3H3/q+1/t22-,23?/m1/s1. The third kappa shape index (κ3) is 3.41. The highest BCUT2D eigenvalue weighted by Gasteiger charge is 2.49. The van der Waals surface area contributed by atoms with Crippen LogP contribution in [0.3, 0.4) is 0 Å². The third-order valence-corrected chi connectivity index (χ3v) is 7.19. The minimum Gasteiger partial charge on any atom is -0.457 e. The van der Waals surface area contributed by atoms with Crippen LogP contribution in [-0.2, 0) is 15.1 Å². The van der Waals surface area contributed by atoms with Crippen molar-refractivity contribution in [2.45, 2.75) is 63.5 Å². The largest absolute Gasteiger partial charge is 0.457 e. The van der Waals surface area contributed by atoms with Crippen LogP contribution < -0.4 is 0 Å². The summed E-state index contributed by atoms with van der Waals surface area (Å²) >= 11 is 0. The zero-order valence-corrected chi connectivity index (χ0v) is 16.5. The number of quaternary nitrogens is 1. The van der Waals surface area contributed by atoms with E-state index < -0.39 is 11.6 Å². The van der Waals surface area contributed by atoms with Crippen LogP contribution in [0.25, 0.3) is 0 Å². The van der Waals surface area contributed by atoms with Crippen molar-refractivity contribution in [3.05, 3.63) is 35.9 Å². The lowest BCUT2D eigenvalue weighted by molar-refractivity contribution is -0.942. The molecule has 0 amide bonds. The Bertz CT molecular complexity index is 624. The molecule has 1 aromatic carbocycles. The summed E-state index contributed by atoms with van der Waals surface area (Å²) in [7, 11) is 2.25. The molecule has 1 N–H and O–H groups in total. The number of hydrogen-bond acceptors (Lipinski definition) is 3. The normalized spacial score (nSPS) is 28.0. The van der Waals surface area contributed by atoms with Gasteiger partial charge in [0.15, 0.2) is 5.60 Å². The average molecular weight is 361 g/mol. The first-order valence-corrected chi connectivity index (χ1v) is 10.1. The van der Waals surface area contributed by atoms with Crippen molar-refractivity contribution in [2.75, 3.05) is 26.7 Å². The maximum absolute atomic E-state index is 13.0. The molecule has 1 aliphatic carbocycles. The Hall–Kier alpha value is -1.39. The molecule has 0 radical (unpaired) electrons. The van der Waals surface area contributed by atoms with Crippen LogP contribution in [0.5, 0.6) is 0 Å². The molecule has 0 spiro atoms. The van der Waals surface area contributed by atoms with Gasteiger partial charge in [0.1, 0.15) is 13.2 Å². The molecule has 1 heterocycles. The van der Waals surface area contributed by atoms with Crippen molar-refractivity contribution in [1.29, 1.82) is 0 Å². The quantitative estimate of drug-likeness (QED) is 0.622. The van der Waals surface area contributed by atoms with Crippen molar-refractivity contribution in [2.24, 2.45) is 5.92 Å². The molecular weight excluding hydrogens is 326 g/mol. The lowest BCUT2D eigenvalue weighted by atomic mass is 9.80. The Kier molecular flexibility index (Phi) is 5.45. The molecule has 0 bridgehead atoms. The SMILES string of the molecule is CC1(C)CCC[N+]1(C)CCOC(=O)[C@@](O)(c1ccccc1)C1CCCC1. The predicted molar refractivity (Wildman–Crippen MR) is 102 cm³/mol. The van der Waals surface area contributed by atoms with Crippen LogP contribution in [-0.4, -0.2) is 47.8 Å². The monoisotopic (exact) mass is 360 g/mol. The van der Waals surface area contributed by atoms with Gasteiger partial charge in [-0.1, -0.05) is 43.2 Å². The van der Waals surface area contributed by atoms with Crippen LogP contribution in [0.4, 0.5) is 0 Å². The molecule has 1 unspecified atom stereocenters. The lowest BCUT2D eigenvalue weighted by Crippen LogP contribution is -2.56. The first kappa shape index (κ1) is 19.4. The lowest BCUT2D eigenvalue weighted by Gasteiger charge is -2.42. The fourth-order valence-electron chi connectivity index (χ4n) is 4.85. The highest BCUT2D eigenvalue weighted by atomic mass is 16.5. The Balaban J connectivity index is 1.71. The fraction of sp³-hybridized carbons (Fsp3) is 0.682. The minimum absolute atomic E-state index is 0.0506. The maximum Gasteiger partial charge on any atom is 0.343 e. The van der Waals surface area contributed by atoms with Crippen molar-refractivity contribution in [3.63, 3.8) is 0 Å². The number of benzene rings is 1. The molecule has 4 nitrogen and oxygen atoms in total. The van der Waals surface area contributed by atoms with Gasteiger partial charge in [0.2, 0.25) is 0 Å². The van der Waals surface area contributed by atoms with Crippen LogP contribution in [0.2, 0.25) is 0 Å². The summed E-state index contributed by atoms with van der Waals surface area (Å²) < 4.78 is 6.61. The zero-order chi connectivity index (χ0) is 18.8. The fourth-order valence-corrected chi connectivity index (χ4v) is 4.85. The minimum atomic E-state index is -1.52. The van der Waals surface area contributed by atoms with E-state index in [1.54, 1.807) is 0 Å². The molecule has 144 valence electrons. The van der Waals surface area contributed by atoms with Crippen LogP contribution >= 0.6 is 0 Å². The summed E-state index contributed by atoms with van der Waals surface area (Å²) in [5.74, 6) is -0.524. The number of esters is 1. The van der Waals surface area contributed by atoms with Gasteiger partial charge in [-0.2, -0.15) is 0 Å². The number of nitrogens with zero attached hydrogens (tertiary/aromatic N) is 1. The summed E-state index contributed by atoms with van der Waals surface area (Å²) in [6.45, 7) is 6.87. The molecule has 0 aromatic heterocycles. The first-order chi connectivity index (χ1) is 12.3. The summed E-state index contributed by atoms with van der Waals surface area (Å²) in [6, 6.07) is 9.35. The number of rotatable bonds is 6. The van der Waals surface area contributed by atoms with Gasteiger partial charge >= 0.3 is 5.97 Å². The topological polar surface area (TPSA) is 46.5 Å². The molecule has 2 atom stereocenters. The molecule has 1 aromatic rings. The third-order valence-electron chi connectivity index (χ3n) is 7.19. The van der Waals surface area contributed by atoms with E-state index in [0.29, 0.717) is 12.2 Å². The van der Waals surface area contributed by atoms with E-state index in [2.05, 4.69) is 20.9 Å². The van der Waals surface area contributed by atoms with Gasteiger partial charge in [0.05, 0.1) is 19.1 Å². The van der Waals surface area contributed by atoms with Crippen molar-refractivity contribution in [3.8, 4) is 0 Å². The number of likely N-dealkylation sites (N-methyl/N-ethyl adjacent to an activating group) is 1. The molecule has 26 heavy (non-hydrogen) atoms. The van der Waals surface area contributed by atoms with Crippen molar-refractivity contribution in [1.82, 2.24) is 0 Å². The Morgan fingerprint density at radius 3 is 2.46 bits per heavy atom. The van der Waals surface area contributed by atoms with Gasteiger partial charge in [-0.25, -0.2) is 4.79 Å². The second-order valence-electron chi connectivity index (χ2n) is 9.01. The highest BCUT2D eigenvalue weighted by Crippen LogP contribution is 2.41. The molecule has 2 aliphatic rings. The van der Waals surface area contributed by atoms with E-state index in [4.69, 9.17) is 4.74 Å². The number of ether oxygens (including phenoxy) is 1. The first-order valence-electron chi connectivity index (χ1n) is 10.1. The highest BCUT2D eigenvalue weighted by molar-refractivity contribution is 5.81. The van der Waals surface area contributed by atoms with E-state index in [9.17, 15) is 9.90 Å². The Morgan fingerprint density at radius 1 is 1.23 bits per heavy atom. The van der Waals surface area contributed by atoms with Gasteiger partial charge in [-0.15, -0.1) is 0 Å². The van der Waals surface area contributed by atoms with E-state index in [1.165, 1.54) is 12.8 Å². The van der Waals surface area contributed by atoms with E-state index in [1.807, 2.05) is 30.3 Å². The Labute approximate surface area is 157 Å². The summed E-state index contributed by atoms with van der Waals surface area (Å²) in [5.41, 5.74) is -0.636. The van der Waals surface area contributed by atoms with E-state index >= 15 is 0 Å². The average Bonchev–Trinajstić information content (AvgIpc) is 3.24. The number of hydrogen-bond donors (Lipinski definition) is 1. The number of aliphatic hydroxyl groups is 1. The van der Waals surface area contributed by atoms with Gasteiger partial charge in [-0.05, 0) is 32.3 Å². The number of carbonyl (C=O) groups is 1. The van der Waals surface area contributed by atoms with E-state index in [-0.39, 0.29) is 11.5 Å². The van der Waals surface area contributed by atoms with Crippen molar-refractivity contribution >= 4 is 5.97 Å². The van der Waals surface area contributed by atoms with Gasteiger partial charge < -0.3 is 14.3 Å². The van der Waals surface area contributed by atoms with Crippen LogP contribution in [0.1, 0.15) is 57.9 Å². The molecule has 1 saturated heterocycles. The molecular formula is C22H34NO3+. The summed E-state index contributed by atoms with van der Waals surface area (Å²) in [6.07, 6.45) is 6.30. The molecule has 2 fully saturated rings. The molecule has 1 aliphatic heterocycles. The smallest absolute Gasteiger partial charge is 0.343 e. The zero-order valence-electron chi connectivity index (χ0n) is 16.5. The maximum atomic E-state index is 13.0. The molecule has 4 heteroatoms. The van der Waals surface area contributed by atoms with Crippen molar-refractivity contribution < 1.29 is 19.1 Å². The van der Waals surface area contributed by atoms with Gasteiger partial charge in [0.25, 0.3) is 0 Å². The number of carbonyl (C=O) groups excluding carboxylic acids is 1. The second-order valence-corrected chi connectivity index (χ2v) is 9.01.